The van der Waals surface area contributed by atoms with Crippen LogP contribution in [0.25, 0.3) is 0 Å². The van der Waals surface area contributed by atoms with Crippen molar-refractivity contribution in [3.8, 4) is 0 Å². The summed E-state index contributed by atoms with van der Waals surface area (Å²) in [6.07, 6.45) is 3.83. The number of carbonyl (C=O) groups is 2. The zero-order valence-corrected chi connectivity index (χ0v) is 13.2. The zero-order chi connectivity index (χ0) is 16.1. The molecule has 1 aliphatic carbocycles. The highest BCUT2D eigenvalue weighted by atomic mass is 19.1. The van der Waals surface area contributed by atoms with Gasteiger partial charge in [0.1, 0.15) is 5.82 Å². The number of benzene rings is 1. The molecule has 0 radical (unpaired) electrons. The molecule has 3 nitrogen and oxygen atoms in total. The molecule has 0 aromatic heterocycles. The maximum absolute atomic E-state index is 13.5. The van der Waals surface area contributed by atoms with Gasteiger partial charge < -0.3 is 4.74 Å². The summed E-state index contributed by atoms with van der Waals surface area (Å²) in [7, 11) is 0. The molecule has 0 heterocycles. The van der Waals surface area contributed by atoms with Gasteiger partial charge >= 0.3 is 5.97 Å². The van der Waals surface area contributed by atoms with Crippen LogP contribution in [0.2, 0.25) is 0 Å². The van der Waals surface area contributed by atoms with Crippen LogP contribution in [0, 0.1) is 17.7 Å². The Hall–Kier alpha value is -1.71. The summed E-state index contributed by atoms with van der Waals surface area (Å²) in [5, 5.41) is 0. The minimum atomic E-state index is -0.992. The molecule has 0 N–H and O–H groups in total. The number of rotatable bonds is 5. The predicted octanol–water partition coefficient (Wildman–Crippen LogP) is 4.22. The summed E-state index contributed by atoms with van der Waals surface area (Å²) in [5.74, 6) is -1.38. The molecule has 1 fully saturated rings. The number of hydrogen-bond acceptors (Lipinski definition) is 3. The van der Waals surface area contributed by atoms with Gasteiger partial charge in [-0.05, 0) is 25.0 Å². The van der Waals surface area contributed by atoms with E-state index < -0.39 is 17.9 Å². The lowest BCUT2D eigenvalue weighted by molar-refractivity contribution is -0.160. The summed E-state index contributed by atoms with van der Waals surface area (Å²) in [6, 6.07) is 5.77. The second-order valence-corrected chi connectivity index (χ2v) is 6.26. The quantitative estimate of drug-likeness (QED) is 0.765. The first-order valence-corrected chi connectivity index (χ1v) is 7.98. The van der Waals surface area contributed by atoms with Gasteiger partial charge in [-0.2, -0.15) is 0 Å². The van der Waals surface area contributed by atoms with Gasteiger partial charge in [-0.15, -0.1) is 0 Å². The molecule has 1 unspecified atom stereocenters. The van der Waals surface area contributed by atoms with Crippen LogP contribution >= 0.6 is 0 Å². The molecular formula is C18H23FO3. The molecule has 1 atom stereocenters. The van der Waals surface area contributed by atoms with Crippen LogP contribution < -0.4 is 0 Å². The first-order chi connectivity index (χ1) is 10.5. The van der Waals surface area contributed by atoms with E-state index >= 15 is 0 Å². The van der Waals surface area contributed by atoms with E-state index in [-0.39, 0.29) is 17.6 Å². The van der Waals surface area contributed by atoms with Crippen molar-refractivity contribution in [2.45, 2.75) is 52.1 Å². The Morgan fingerprint density at radius 1 is 1.18 bits per heavy atom. The van der Waals surface area contributed by atoms with E-state index in [1.54, 1.807) is 19.9 Å². The Morgan fingerprint density at radius 2 is 1.86 bits per heavy atom. The molecule has 0 aliphatic heterocycles. The van der Waals surface area contributed by atoms with E-state index in [9.17, 15) is 14.0 Å². The summed E-state index contributed by atoms with van der Waals surface area (Å²) in [4.78, 5) is 24.7. The number of carbonyl (C=O) groups excluding carboxylic acids is 2. The third-order valence-corrected chi connectivity index (χ3v) is 4.12. The molecule has 4 heteroatoms. The van der Waals surface area contributed by atoms with Crippen molar-refractivity contribution in [2.24, 2.45) is 11.8 Å². The van der Waals surface area contributed by atoms with E-state index in [0.717, 1.165) is 32.1 Å². The van der Waals surface area contributed by atoms with Crippen LogP contribution in [-0.2, 0) is 14.3 Å². The third-order valence-electron chi connectivity index (χ3n) is 4.12. The Kier molecular flexibility index (Phi) is 5.69. The lowest BCUT2D eigenvalue weighted by atomic mass is 9.83. The van der Waals surface area contributed by atoms with Crippen LogP contribution in [-0.4, -0.2) is 11.8 Å². The number of halogens is 1. The van der Waals surface area contributed by atoms with Crippen molar-refractivity contribution in [2.75, 3.05) is 0 Å². The molecule has 1 aromatic carbocycles. The standard InChI is InChI=1S/C18H23FO3/c1-12(2)18(21)22-17(14-9-6-10-15(19)11-14)16(20)13-7-4-3-5-8-13/h6,9-13,17H,3-5,7-8H2,1-2H3. The Balaban J connectivity index is 2.24. The number of esters is 1. The molecule has 1 saturated carbocycles. The fourth-order valence-corrected chi connectivity index (χ4v) is 2.81. The molecule has 1 aromatic rings. The maximum atomic E-state index is 13.5. The van der Waals surface area contributed by atoms with Crippen molar-refractivity contribution in [1.29, 1.82) is 0 Å². The van der Waals surface area contributed by atoms with Crippen molar-refractivity contribution >= 4 is 11.8 Å². The lowest BCUT2D eigenvalue weighted by Gasteiger charge is -2.26. The Bertz CT molecular complexity index is 533. The third kappa shape index (κ3) is 4.15. The monoisotopic (exact) mass is 306 g/mol. The van der Waals surface area contributed by atoms with Gasteiger partial charge in [0, 0.05) is 11.5 Å². The minimum Gasteiger partial charge on any atom is -0.449 e. The molecule has 2 rings (SSSR count). The van der Waals surface area contributed by atoms with Crippen LogP contribution in [0.4, 0.5) is 4.39 Å². The topological polar surface area (TPSA) is 43.4 Å². The first-order valence-electron chi connectivity index (χ1n) is 7.98. The normalized spacial score (nSPS) is 17.3. The first kappa shape index (κ1) is 16.7. The summed E-state index contributed by atoms with van der Waals surface area (Å²) >= 11 is 0. The highest BCUT2D eigenvalue weighted by molar-refractivity contribution is 5.89. The van der Waals surface area contributed by atoms with Gasteiger partial charge in [-0.1, -0.05) is 45.2 Å². The zero-order valence-electron chi connectivity index (χ0n) is 13.2. The maximum Gasteiger partial charge on any atom is 0.309 e. The Morgan fingerprint density at radius 3 is 2.45 bits per heavy atom. The molecule has 1 aliphatic rings. The van der Waals surface area contributed by atoms with Crippen molar-refractivity contribution < 1.29 is 18.7 Å². The van der Waals surface area contributed by atoms with E-state index in [1.807, 2.05) is 0 Å². The number of hydrogen-bond donors (Lipinski definition) is 0. The van der Waals surface area contributed by atoms with Crippen LogP contribution in [0.3, 0.4) is 0 Å². The average Bonchev–Trinajstić information content (AvgIpc) is 2.52. The van der Waals surface area contributed by atoms with E-state index in [2.05, 4.69) is 0 Å². The SMILES string of the molecule is CC(C)C(=O)OC(C(=O)C1CCCCC1)c1cccc(F)c1. The van der Waals surface area contributed by atoms with Gasteiger partial charge in [0.05, 0.1) is 5.92 Å². The molecule has 120 valence electrons. The highest BCUT2D eigenvalue weighted by Crippen LogP contribution is 2.31. The van der Waals surface area contributed by atoms with Gasteiger partial charge in [0.2, 0.25) is 0 Å². The van der Waals surface area contributed by atoms with Crippen LogP contribution in [0.1, 0.15) is 57.6 Å². The summed E-state index contributed by atoms with van der Waals surface area (Å²) in [6.45, 7) is 3.44. The van der Waals surface area contributed by atoms with Crippen molar-refractivity contribution in [3.05, 3.63) is 35.6 Å². The average molecular weight is 306 g/mol. The summed E-state index contributed by atoms with van der Waals surface area (Å²) in [5.41, 5.74) is 0.421. The number of ether oxygens (including phenoxy) is 1. The van der Waals surface area contributed by atoms with Gasteiger partial charge in [0.15, 0.2) is 11.9 Å². The molecule has 22 heavy (non-hydrogen) atoms. The largest absolute Gasteiger partial charge is 0.449 e. The second-order valence-electron chi connectivity index (χ2n) is 6.26. The molecular weight excluding hydrogens is 283 g/mol. The van der Waals surface area contributed by atoms with Gasteiger partial charge in [0.25, 0.3) is 0 Å². The van der Waals surface area contributed by atoms with E-state index in [1.165, 1.54) is 18.2 Å². The highest BCUT2D eigenvalue weighted by Gasteiger charge is 2.32. The second kappa shape index (κ2) is 7.52. The minimum absolute atomic E-state index is 0.0954. The summed E-state index contributed by atoms with van der Waals surface area (Å²) < 4.78 is 18.9. The van der Waals surface area contributed by atoms with Crippen LogP contribution in [0.5, 0.6) is 0 Å². The van der Waals surface area contributed by atoms with Gasteiger partial charge in [-0.3, -0.25) is 9.59 Å². The van der Waals surface area contributed by atoms with Crippen molar-refractivity contribution in [3.63, 3.8) is 0 Å². The lowest BCUT2D eigenvalue weighted by Crippen LogP contribution is -2.29. The number of Topliss-reactive ketones (excluding diaryl/α,β-unsaturated/α-hetero) is 1. The van der Waals surface area contributed by atoms with Crippen molar-refractivity contribution in [1.82, 2.24) is 0 Å². The number of ketones is 1. The molecule has 0 spiro atoms. The van der Waals surface area contributed by atoms with Gasteiger partial charge in [-0.25, -0.2) is 4.39 Å². The molecule has 0 saturated heterocycles. The Labute approximate surface area is 130 Å². The fourth-order valence-electron chi connectivity index (χ4n) is 2.81. The van der Waals surface area contributed by atoms with Crippen LogP contribution in [0.15, 0.2) is 24.3 Å². The molecule has 0 amide bonds. The molecule has 0 bridgehead atoms. The fraction of sp³-hybridized carbons (Fsp3) is 0.556. The van der Waals surface area contributed by atoms with E-state index in [4.69, 9.17) is 4.74 Å². The smallest absolute Gasteiger partial charge is 0.309 e. The van der Waals surface area contributed by atoms with E-state index in [0.29, 0.717) is 5.56 Å². The predicted molar refractivity (Wildman–Crippen MR) is 81.7 cm³/mol.